The van der Waals surface area contributed by atoms with E-state index in [1.54, 1.807) is 6.07 Å². The fraction of sp³-hybridized carbons (Fsp3) is 0.750. The second-order valence-corrected chi connectivity index (χ2v) is 9.59. The van der Waals surface area contributed by atoms with Crippen molar-refractivity contribution in [3.63, 3.8) is 0 Å². The zero-order valence-corrected chi connectivity index (χ0v) is 20.7. The number of benzene rings is 1. The molecule has 0 unspecified atom stereocenters. The predicted molar refractivity (Wildman–Crippen MR) is 124 cm³/mol. The van der Waals surface area contributed by atoms with Crippen molar-refractivity contribution < 1.29 is 32.5 Å². The van der Waals surface area contributed by atoms with E-state index in [9.17, 15) is 13.0 Å². The van der Waals surface area contributed by atoms with Gasteiger partial charge in [-0.2, -0.15) is 8.42 Å². The summed E-state index contributed by atoms with van der Waals surface area (Å²) in [5.74, 6) is 0. The van der Waals surface area contributed by atoms with E-state index in [2.05, 4.69) is 13.8 Å². The molecule has 8 heteroatoms. The normalized spacial score (nSPS) is 11.8. The lowest BCUT2D eigenvalue weighted by molar-refractivity contribution is -0.305. The lowest BCUT2D eigenvalue weighted by Gasteiger charge is -2.10. The molecule has 0 heterocycles. The Bertz CT molecular complexity index is 651. The van der Waals surface area contributed by atoms with Gasteiger partial charge < -0.3 is 0 Å². The SMILES string of the molecule is CCCCCCCCOOCc1cc(COOCCCCCCCC)cc(S(=O)(=O)O)c1. The van der Waals surface area contributed by atoms with Crippen molar-refractivity contribution in [3.8, 4) is 0 Å². The van der Waals surface area contributed by atoms with Crippen LogP contribution >= 0.6 is 0 Å². The molecular formula is C24H42O7S. The van der Waals surface area contributed by atoms with Crippen molar-refractivity contribution >= 4 is 10.1 Å². The first-order valence-corrected chi connectivity index (χ1v) is 13.5. The van der Waals surface area contributed by atoms with Crippen molar-refractivity contribution in [2.24, 2.45) is 0 Å². The van der Waals surface area contributed by atoms with Crippen molar-refractivity contribution in [1.29, 1.82) is 0 Å². The van der Waals surface area contributed by atoms with E-state index in [1.165, 1.54) is 63.5 Å². The van der Waals surface area contributed by atoms with Crippen LogP contribution in [-0.2, 0) is 42.9 Å². The van der Waals surface area contributed by atoms with Crippen molar-refractivity contribution in [2.75, 3.05) is 13.2 Å². The summed E-state index contributed by atoms with van der Waals surface area (Å²) in [4.78, 5) is 20.6. The first kappa shape index (κ1) is 29.0. The molecule has 1 aromatic rings. The molecule has 1 rings (SSSR count). The Kier molecular flexibility index (Phi) is 16.7. The fourth-order valence-electron chi connectivity index (χ4n) is 3.26. The van der Waals surface area contributed by atoms with Crippen LogP contribution in [0.3, 0.4) is 0 Å². The van der Waals surface area contributed by atoms with Crippen molar-refractivity contribution in [1.82, 2.24) is 0 Å². The van der Waals surface area contributed by atoms with Crippen LogP contribution in [0.15, 0.2) is 23.1 Å². The maximum absolute atomic E-state index is 11.6. The highest BCUT2D eigenvalue weighted by Gasteiger charge is 2.13. The third kappa shape index (κ3) is 14.9. The molecule has 7 nitrogen and oxygen atoms in total. The summed E-state index contributed by atoms with van der Waals surface area (Å²) in [5, 5.41) is 0. The Morgan fingerprint density at radius 3 is 1.44 bits per heavy atom. The Hall–Kier alpha value is -1.03. The topological polar surface area (TPSA) is 91.3 Å². The molecule has 1 N–H and O–H groups in total. The molecule has 0 bridgehead atoms. The molecular weight excluding hydrogens is 432 g/mol. The van der Waals surface area contributed by atoms with Crippen molar-refractivity contribution in [3.05, 3.63) is 29.3 Å². The minimum absolute atomic E-state index is 0.0742. The zero-order valence-electron chi connectivity index (χ0n) is 19.9. The summed E-state index contributed by atoms with van der Waals surface area (Å²) in [5.41, 5.74) is 1.13. The molecule has 0 amide bonds. The molecule has 0 aliphatic heterocycles. The second-order valence-electron chi connectivity index (χ2n) is 8.16. The first-order chi connectivity index (χ1) is 15.5. The highest BCUT2D eigenvalue weighted by molar-refractivity contribution is 7.85. The molecule has 0 saturated carbocycles. The summed E-state index contributed by atoms with van der Waals surface area (Å²) in [6.07, 6.45) is 13.9. The van der Waals surface area contributed by atoms with E-state index in [4.69, 9.17) is 19.6 Å². The summed E-state index contributed by atoms with van der Waals surface area (Å²) in [6.45, 7) is 5.51. The summed E-state index contributed by atoms with van der Waals surface area (Å²) >= 11 is 0. The minimum Gasteiger partial charge on any atom is -0.282 e. The zero-order chi connectivity index (χ0) is 23.5. The van der Waals surface area contributed by atoms with Gasteiger partial charge in [0, 0.05) is 0 Å². The van der Waals surface area contributed by atoms with Gasteiger partial charge in [-0.15, -0.1) is 0 Å². The molecule has 0 aliphatic carbocycles. The van der Waals surface area contributed by atoms with Gasteiger partial charge in [0.1, 0.15) is 13.2 Å². The third-order valence-corrected chi connectivity index (χ3v) is 5.94. The molecule has 0 fully saturated rings. The van der Waals surface area contributed by atoms with Gasteiger partial charge in [0.2, 0.25) is 0 Å². The van der Waals surface area contributed by atoms with E-state index in [0.29, 0.717) is 24.3 Å². The lowest BCUT2D eigenvalue weighted by atomic mass is 10.1. The maximum Gasteiger partial charge on any atom is 0.294 e. The summed E-state index contributed by atoms with van der Waals surface area (Å²) < 4.78 is 32.6. The quantitative estimate of drug-likeness (QED) is 0.0934. The van der Waals surface area contributed by atoms with Gasteiger partial charge in [0.05, 0.1) is 18.1 Å². The van der Waals surface area contributed by atoms with E-state index < -0.39 is 10.1 Å². The predicted octanol–water partition coefficient (Wildman–Crippen LogP) is 6.55. The van der Waals surface area contributed by atoms with Crippen LogP contribution in [0.25, 0.3) is 0 Å². The van der Waals surface area contributed by atoms with Crippen LogP contribution in [0.5, 0.6) is 0 Å². The van der Waals surface area contributed by atoms with Gasteiger partial charge in [0.25, 0.3) is 10.1 Å². The van der Waals surface area contributed by atoms with E-state index in [-0.39, 0.29) is 18.1 Å². The number of hydrogen-bond donors (Lipinski definition) is 1. The van der Waals surface area contributed by atoms with Gasteiger partial charge in [-0.05, 0) is 36.1 Å². The smallest absolute Gasteiger partial charge is 0.282 e. The molecule has 1 aromatic carbocycles. The Balaban J connectivity index is 2.36. The van der Waals surface area contributed by atoms with Crippen LogP contribution in [0.4, 0.5) is 0 Å². The molecule has 0 aliphatic rings. The lowest BCUT2D eigenvalue weighted by Crippen LogP contribution is -2.05. The molecule has 32 heavy (non-hydrogen) atoms. The highest BCUT2D eigenvalue weighted by Crippen LogP contribution is 2.17. The van der Waals surface area contributed by atoms with Crippen LogP contribution in [-0.4, -0.2) is 26.2 Å². The average molecular weight is 475 g/mol. The Morgan fingerprint density at radius 1 is 0.625 bits per heavy atom. The third-order valence-electron chi connectivity index (χ3n) is 5.10. The van der Waals surface area contributed by atoms with Crippen molar-refractivity contribution in [2.45, 2.75) is 109 Å². The van der Waals surface area contributed by atoms with Gasteiger partial charge in [-0.3, -0.25) is 4.55 Å². The molecule has 0 radical (unpaired) electrons. The molecule has 0 atom stereocenters. The molecule has 0 aromatic heterocycles. The van der Waals surface area contributed by atoms with Crippen LogP contribution < -0.4 is 0 Å². The Labute approximate surface area is 194 Å². The average Bonchev–Trinajstić information content (AvgIpc) is 2.76. The Morgan fingerprint density at radius 2 is 1.03 bits per heavy atom. The molecule has 0 spiro atoms. The van der Waals surface area contributed by atoms with Gasteiger partial charge in [-0.1, -0.05) is 84.1 Å². The monoisotopic (exact) mass is 474 g/mol. The van der Waals surface area contributed by atoms with E-state index in [0.717, 1.165) is 25.7 Å². The van der Waals surface area contributed by atoms with Gasteiger partial charge >= 0.3 is 0 Å². The van der Waals surface area contributed by atoms with Crippen LogP contribution in [0.2, 0.25) is 0 Å². The van der Waals surface area contributed by atoms with E-state index >= 15 is 0 Å². The largest absolute Gasteiger partial charge is 0.294 e. The van der Waals surface area contributed by atoms with Crippen LogP contribution in [0.1, 0.15) is 102 Å². The first-order valence-electron chi connectivity index (χ1n) is 12.1. The second kappa shape index (κ2) is 18.4. The standard InChI is InChI=1S/C24H42O7S/c1-3-5-7-9-11-13-15-28-30-20-22-17-23(19-24(18-22)32(25,26)27)21-31-29-16-14-12-10-8-6-4-2/h17-19H,3-16,20-21H2,1-2H3,(H,25,26,27). The van der Waals surface area contributed by atoms with Gasteiger partial charge in [0.15, 0.2) is 0 Å². The van der Waals surface area contributed by atoms with E-state index in [1.807, 2.05) is 0 Å². The number of rotatable bonds is 21. The number of unbranched alkanes of at least 4 members (excludes halogenated alkanes) is 10. The fourth-order valence-corrected chi connectivity index (χ4v) is 3.86. The summed E-state index contributed by atoms with van der Waals surface area (Å²) in [6, 6.07) is 4.48. The van der Waals surface area contributed by atoms with Gasteiger partial charge in [-0.25, -0.2) is 19.6 Å². The summed E-state index contributed by atoms with van der Waals surface area (Å²) in [7, 11) is -4.34. The number of hydrogen-bond acceptors (Lipinski definition) is 6. The molecule has 0 saturated heterocycles. The minimum atomic E-state index is -4.34. The molecule has 186 valence electrons. The maximum atomic E-state index is 11.6. The van der Waals surface area contributed by atoms with Crippen LogP contribution in [0, 0.1) is 0 Å². The highest BCUT2D eigenvalue weighted by atomic mass is 32.2.